The second kappa shape index (κ2) is 3.87. The summed E-state index contributed by atoms with van der Waals surface area (Å²) < 4.78 is 0. The average molecular weight is 215 g/mol. The van der Waals surface area contributed by atoms with E-state index in [0.717, 1.165) is 22.0 Å². The molecule has 0 atom stereocenters. The molecule has 0 aliphatic rings. The lowest BCUT2D eigenvalue weighted by atomic mass is 9.90. The molecule has 0 saturated heterocycles. The summed E-state index contributed by atoms with van der Waals surface area (Å²) in [6.07, 6.45) is 1.90. The van der Waals surface area contributed by atoms with E-state index in [1.54, 1.807) is 0 Å². The van der Waals surface area contributed by atoms with Crippen molar-refractivity contribution in [1.29, 1.82) is 0 Å². The first-order valence-electron chi connectivity index (χ1n) is 5.51. The minimum absolute atomic E-state index is 0.0589. The lowest BCUT2D eigenvalue weighted by molar-refractivity contribution is 0.282. The van der Waals surface area contributed by atoms with Crippen LogP contribution in [0.25, 0.3) is 10.8 Å². The fraction of sp³-hybridized carbons (Fsp3) is 0.357. The second-order valence-electron chi connectivity index (χ2n) is 5.16. The predicted molar refractivity (Wildman–Crippen MR) is 66.4 cm³/mol. The zero-order chi connectivity index (χ0) is 11.8. The van der Waals surface area contributed by atoms with Gasteiger partial charge < -0.3 is 5.11 Å². The number of hydrogen-bond acceptors (Lipinski definition) is 2. The van der Waals surface area contributed by atoms with Gasteiger partial charge in [0, 0.05) is 22.7 Å². The van der Waals surface area contributed by atoms with Crippen LogP contribution in [-0.4, -0.2) is 10.1 Å². The van der Waals surface area contributed by atoms with Gasteiger partial charge in [0.15, 0.2) is 0 Å². The van der Waals surface area contributed by atoms with Gasteiger partial charge in [-0.15, -0.1) is 0 Å². The van der Waals surface area contributed by atoms with E-state index >= 15 is 0 Å². The minimum atomic E-state index is 0.0589. The lowest BCUT2D eigenvalue weighted by Crippen LogP contribution is -2.12. The first-order valence-corrected chi connectivity index (χ1v) is 5.51. The normalized spacial score (nSPS) is 12.0. The highest BCUT2D eigenvalue weighted by atomic mass is 16.3. The summed E-state index contributed by atoms with van der Waals surface area (Å²) in [5.41, 5.74) is 2.08. The highest BCUT2D eigenvalue weighted by Gasteiger charge is 2.15. The molecular weight excluding hydrogens is 198 g/mol. The zero-order valence-corrected chi connectivity index (χ0v) is 9.99. The van der Waals surface area contributed by atoms with Gasteiger partial charge in [0.1, 0.15) is 0 Å². The molecule has 1 aromatic carbocycles. The third kappa shape index (κ3) is 2.07. The molecular formula is C14H17NO. The summed E-state index contributed by atoms with van der Waals surface area (Å²) >= 11 is 0. The molecule has 1 N–H and O–H groups in total. The number of nitrogens with zero attached hydrogens (tertiary/aromatic N) is 1. The van der Waals surface area contributed by atoms with Crippen molar-refractivity contribution < 1.29 is 5.11 Å². The molecule has 16 heavy (non-hydrogen) atoms. The minimum Gasteiger partial charge on any atom is -0.392 e. The maximum atomic E-state index is 9.11. The molecule has 0 fully saturated rings. The molecule has 2 aromatic rings. The molecule has 0 radical (unpaired) electrons. The van der Waals surface area contributed by atoms with E-state index in [-0.39, 0.29) is 12.0 Å². The first kappa shape index (κ1) is 11.1. The van der Waals surface area contributed by atoms with Gasteiger partial charge >= 0.3 is 0 Å². The Morgan fingerprint density at radius 3 is 2.50 bits per heavy atom. The second-order valence-corrected chi connectivity index (χ2v) is 5.16. The quantitative estimate of drug-likeness (QED) is 0.793. The van der Waals surface area contributed by atoms with Crippen molar-refractivity contribution >= 4 is 10.8 Å². The summed E-state index contributed by atoms with van der Waals surface area (Å²) in [7, 11) is 0. The molecule has 1 heterocycles. The molecule has 2 rings (SSSR count). The highest BCUT2D eigenvalue weighted by molar-refractivity contribution is 5.82. The van der Waals surface area contributed by atoms with Crippen LogP contribution in [0.5, 0.6) is 0 Å². The number of fused-ring (bicyclic) bond motifs is 1. The summed E-state index contributed by atoms with van der Waals surface area (Å²) in [4.78, 5) is 4.47. The third-order valence-corrected chi connectivity index (χ3v) is 2.74. The molecule has 0 saturated carbocycles. The third-order valence-electron chi connectivity index (χ3n) is 2.74. The maximum absolute atomic E-state index is 9.11. The maximum Gasteiger partial charge on any atom is 0.0682 e. The van der Waals surface area contributed by atoms with Gasteiger partial charge in [-0.25, -0.2) is 0 Å². The van der Waals surface area contributed by atoms with E-state index in [1.807, 2.05) is 24.4 Å². The van der Waals surface area contributed by atoms with Crippen LogP contribution in [0, 0.1) is 0 Å². The largest absolute Gasteiger partial charge is 0.392 e. The molecule has 0 spiro atoms. The number of aliphatic hydroxyl groups is 1. The van der Waals surface area contributed by atoms with E-state index in [0.29, 0.717) is 0 Å². The van der Waals surface area contributed by atoms with Crippen LogP contribution in [-0.2, 0) is 12.0 Å². The van der Waals surface area contributed by atoms with Gasteiger partial charge in [-0.05, 0) is 23.1 Å². The average Bonchev–Trinajstić information content (AvgIpc) is 2.26. The first-order chi connectivity index (χ1) is 7.50. The van der Waals surface area contributed by atoms with E-state index in [9.17, 15) is 0 Å². The fourth-order valence-electron chi connectivity index (χ4n) is 1.70. The number of hydrogen-bond donors (Lipinski definition) is 1. The highest BCUT2D eigenvalue weighted by Crippen LogP contribution is 2.24. The van der Waals surface area contributed by atoms with Gasteiger partial charge in [0.05, 0.1) is 6.61 Å². The predicted octanol–water partition coefficient (Wildman–Crippen LogP) is 3.02. The number of rotatable bonds is 1. The molecule has 1 aromatic heterocycles. The van der Waals surface area contributed by atoms with Gasteiger partial charge in [-0.2, -0.15) is 0 Å². The van der Waals surface area contributed by atoms with Crippen LogP contribution in [0.2, 0.25) is 0 Å². The Labute approximate surface area is 96.0 Å². The number of pyridine rings is 1. The van der Waals surface area contributed by atoms with E-state index < -0.39 is 0 Å². The van der Waals surface area contributed by atoms with Crippen LogP contribution in [0.1, 0.15) is 32.0 Å². The Morgan fingerprint density at radius 1 is 1.12 bits per heavy atom. The number of aliphatic hydroxyl groups excluding tert-OH is 1. The molecule has 0 aliphatic carbocycles. The Morgan fingerprint density at radius 2 is 1.88 bits per heavy atom. The number of benzene rings is 1. The standard InChI is InChI=1S/C14H17NO/c1-14(2,3)13-7-12-6-10(9-16)4-5-11(12)8-15-13/h4-8,16H,9H2,1-3H3. The van der Waals surface area contributed by atoms with E-state index in [4.69, 9.17) is 5.11 Å². The smallest absolute Gasteiger partial charge is 0.0682 e. The van der Waals surface area contributed by atoms with Crippen molar-refractivity contribution in [1.82, 2.24) is 4.98 Å². The lowest BCUT2D eigenvalue weighted by Gasteiger charge is -2.18. The molecule has 0 unspecified atom stereocenters. The molecule has 2 nitrogen and oxygen atoms in total. The SMILES string of the molecule is CC(C)(C)c1cc2cc(CO)ccc2cn1. The summed E-state index contributed by atoms with van der Waals surface area (Å²) in [6.45, 7) is 6.54. The van der Waals surface area contributed by atoms with Crippen LogP contribution < -0.4 is 0 Å². The van der Waals surface area contributed by atoms with Crippen molar-refractivity contribution in [3.8, 4) is 0 Å². The zero-order valence-electron chi connectivity index (χ0n) is 9.99. The Balaban J connectivity index is 2.59. The van der Waals surface area contributed by atoms with Crippen LogP contribution in [0.4, 0.5) is 0 Å². The van der Waals surface area contributed by atoms with Gasteiger partial charge in [-0.1, -0.05) is 32.9 Å². The Bertz CT molecular complexity index is 512. The van der Waals surface area contributed by atoms with Gasteiger partial charge in [0.25, 0.3) is 0 Å². The molecule has 0 amide bonds. The van der Waals surface area contributed by atoms with Crippen LogP contribution in [0.3, 0.4) is 0 Å². The van der Waals surface area contributed by atoms with Crippen molar-refractivity contribution in [3.05, 3.63) is 41.7 Å². The molecule has 0 bridgehead atoms. The van der Waals surface area contributed by atoms with Crippen molar-refractivity contribution in [2.45, 2.75) is 32.8 Å². The van der Waals surface area contributed by atoms with Crippen molar-refractivity contribution in [2.24, 2.45) is 0 Å². The topological polar surface area (TPSA) is 33.1 Å². The number of aromatic nitrogens is 1. The Kier molecular flexibility index (Phi) is 2.68. The van der Waals surface area contributed by atoms with Crippen LogP contribution >= 0.6 is 0 Å². The summed E-state index contributed by atoms with van der Waals surface area (Å²) in [5.74, 6) is 0. The van der Waals surface area contributed by atoms with Gasteiger partial charge in [0.2, 0.25) is 0 Å². The Hall–Kier alpha value is -1.41. The fourth-order valence-corrected chi connectivity index (χ4v) is 1.70. The summed E-state index contributed by atoms with van der Waals surface area (Å²) in [5, 5.41) is 11.4. The summed E-state index contributed by atoms with van der Waals surface area (Å²) in [6, 6.07) is 8.06. The molecule has 84 valence electrons. The molecule has 2 heteroatoms. The van der Waals surface area contributed by atoms with Crippen LogP contribution in [0.15, 0.2) is 30.5 Å². The monoisotopic (exact) mass is 215 g/mol. The van der Waals surface area contributed by atoms with E-state index in [2.05, 4.69) is 31.8 Å². The molecule has 0 aliphatic heterocycles. The van der Waals surface area contributed by atoms with E-state index in [1.165, 1.54) is 0 Å². The van der Waals surface area contributed by atoms with Gasteiger partial charge in [-0.3, -0.25) is 4.98 Å². The van der Waals surface area contributed by atoms with Crippen molar-refractivity contribution in [3.63, 3.8) is 0 Å². The van der Waals surface area contributed by atoms with Crippen molar-refractivity contribution in [2.75, 3.05) is 0 Å².